The van der Waals surface area contributed by atoms with Gasteiger partial charge < -0.3 is 0 Å². The Morgan fingerprint density at radius 2 is 2.08 bits per heavy atom. The summed E-state index contributed by atoms with van der Waals surface area (Å²) in [6, 6.07) is 6.37. The normalized spacial score (nSPS) is 16.7. The van der Waals surface area contributed by atoms with Gasteiger partial charge in [-0.15, -0.1) is 11.3 Å². The fraction of sp³-hybridized carbons (Fsp3) is 0.500. The number of thioether (sulfide) groups is 1. The van der Waals surface area contributed by atoms with Crippen molar-refractivity contribution in [2.24, 2.45) is 0 Å². The molecular formula is C18H23Cl2N3S2. The van der Waals surface area contributed by atoms with Crippen LogP contribution in [0.5, 0.6) is 0 Å². The van der Waals surface area contributed by atoms with E-state index in [1.807, 2.05) is 35.7 Å². The third-order valence-electron chi connectivity index (χ3n) is 4.70. The molecule has 136 valence electrons. The molecule has 7 heteroatoms. The molecule has 2 heterocycles. The van der Waals surface area contributed by atoms with Crippen molar-refractivity contribution in [1.29, 1.82) is 0 Å². The topological polar surface area (TPSA) is 19.4 Å². The molecule has 1 aromatic heterocycles. The second kappa shape index (κ2) is 9.07. The van der Waals surface area contributed by atoms with Gasteiger partial charge in [-0.05, 0) is 43.8 Å². The van der Waals surface area contributed by atoms with Crippen LogP contribution in [0.15, 0.2) is 28.7 Å². The van der Waals surface area contributed by atoms with Crippen molar-refractivity contribution in [1.82, 2.24) is 14.8 Å². The number of benzene rings is 1. The highest BCUT2D eigenvalue weighted by molar-refractivity contribution is 8.00. The number of halogens is 2. The highest BCUT2D eigenvalue weighted by Gasteiger charge is 2.23. The molecule has 0 amide bonds. The van der Waals surface area contributed by atoms with Crippen molar-refractivity contribution >= 4 is 46.3 Å². The maximum atomic E-state index is 6.31. The van der Waals surface area contributed by atoms with Crippen LogP contribution < -0.4 is 0 Å². The van der Waals surface area contributed by atoms with Crippen LogP contribution in [-0.4, -0.2) is 47.2 Å². The number of thiazole rings is 1. The van der Waals surface area contributed by atoms with E-state index in [-0.39, 0.29) is 0 Å². The van der Waals surface area contributed by atoms with Crippen molar-refractivity contribution in [3.05, 3.63) is 44.9 Å². The Hall–Kier alpha value is -0.300. The smallest absolute Gasteiger partial charge is 0.149 e. The number of nitrogens with zero attached hydrogens (tertiary/aromatic N) is 3. The van der Waals surface area contributed by atoms with Gasteiger partial charge in [-0.25, -0.2) is 4.98 Å². The van der Waals surface area contributed by atoms with Gasteiger partial charge >= 0.3 is 0 Å². The third-order valence-corrected chi connectivity index (χ3v) is 7.27. The third kappa shape index (κ3) is 5.34. The van der Waals surface area contributed by atoms with Crippen LogP contribution in [0.4, 0.5) is 0 Å². The Morgan fingerprint density at radius 3 is 2.72 bits per heavy atom. The molecule has 0 aliphatic carbocycles. The van der Waals surface area contributed by atoms with Crippen molar-refractivity contribution in [3.63, 3.8) is 0 Å². The molecule has 1 aliphatic rings. The Bertz CT molecular complexity index is 699. The minimum atomic E-state index is 0.603. The van der Waals surface area contributed by atoms with E-state index in [4.69, 9.17) is 23.2 Å². The van der Waals surface area contributed by atoms with Crippen molar-refractivity contribution in [2.45, 2.75) is 36.3 Å². The quantitative estimate of drug-likeness (QED) is 0.598. The summed E-state index contributed by atoms with van der Waals surface area (Å²) in [5.74, 6) is 0. The number of rotatable bonds is 6. The maximum Gasteiger partial charge on any atom is 0.149 e. The van der Waals surface area contributed by atoms with E-state index in [9.17, 15) is 0 Å². The van der Waals surface area contributed by atoms with E-state index < -0.39 is 0 Å². The molecule has 0 N–H and O–H groups in total. The molecule has 0 saturated carbocycles. The Labute approximate surface area is 168 Å². The molecule has 1 saturated heterocycles. The summed E-state index contributed by atoms with van der Waals surface area (Å²) >= 11 is 15.8. The summed E-state index contributed by atoms with van der Waals surface area (Å²) in [5, 5.41) is 1.45. The molecule has 3 nitrogen and oxygen atoms in total. The summed E-state index contributed by atoms with van der Waals surface area (Å²) in [7, 11) is 2.19. The molecule has 1 aromatic carbocycles. The van der Waals surface area contributed by atoms with E-state index in [1.54, 1.807) is 11.8 Å². The molecule has 0 bridgehead atoms. The number of hydrogen-bond donors (Lipinski definition) is 0. The van der Waals surface area contributed by atoms with Crippen molar-refractivity contribution in [3.8, 4) is 0 Å². The minimum Gasteiger partial charge on any atom is -0.299 e. The SMILES string of the molecule is CSc1ncc(CN2CCC(N(C)Cc3ccc(Cl)cc3Cl)CC2)s1. The molecule has 0 spiro atoms. The van der Waals surface area contributed by atoms with Gasteiger partial charge in [-0.2, -0.15) is 0 Å². The summed E-state index contributed by atoms with van der Waals surface area (Å²) in [5.41, 5.74) is 1.14. The first-order valence-electron chi connectivity index (χ1n) is 8.40. The van der Waals surface area contributed by atoms with Gasteiger partial charge in [0.2, 0.25) is 0 Å². The zero-order chi connectivity index (χ0) is 17.8. The van der Waals surface area contributed by atoms with Gasteiger partial charge in [0.25, 0.3) is 0 Å². The number of aromatic nitrogens is 1. The predicted molar refractivity (Wildman–Crippen MR) is 110 cm³/mol. The average Bonchev–Trinajstić information content (AvgIpc) is 3.05. The number of hydrogen-bond acceptors (Lipinski definition) is 5. The molecule has 1 fully saturated rings. The lowest BCUT2D eigenvalue weighted by Crippen LogP contribution is -2.42. The minimum absolute atomic E-state index is 0.603. The van der Waals surface area contributed by atoms with Crippen LogP contribution in [-0.2, 0) is 13.1 Å². The number of piperidine rings is 1. The Morgan fingerprint density at radius 1 is 1.32 bits per heavy atom. The highest BCUT2D eigenvalue weighted by atomic mass is 35.5. The number of likely N-dealkylation sites (tertiary alicyclic amines) is 1. The zero-order valence-electron chi connectivity index (χ0n) is 14.5. The first kappa shape index (κ1) is 19.5. The summed E-state index contributed by atoms with van der Waals surface area (Å²) in [6.07, 6.45) is 6.49. The molecule has 0 unspecified atom stereocenters. The molecule has 0 radical (unpaired) electrons. The average molecular weight is 416 g/mol. The van der Waals surface area contributed by atoms with Crippen LogP contribution in [0.25, 0.3) is 0 Å². The van der Waals surface area contributed by atoms with Gasteiger partial charge in [0.05, 0.1) is 0 Å². The van der Waals surface area contributed by atoms with Gasteiger partial charge in [0, 0.05) is 53.3 Å². The van der Waals surface area contributed by atoms with Crippen LogP contribution in [0, 0.1) is 0 Å². The molecule has 1 aliphatic heterocycles. The van der Waals surface area contributed by atoms with Gasteiger partial charge in [-0.3, -0.25) is 9.80 Å². The standard InChI is InChI=1S/C18H23Cl2N3S2/c1-22(11-13-3-4-14(19)9-17(13)20)15-5-7-23(8-6-15)12-16-10-21-18(24-2)25-16/h3-4,9-10,15H,5-8,11-12H2,1-2H3. The fourth-order valence-corrected chi connectivity index (χ4v) is 5.21. The molecule has 3 rings (SSSR count). The predicted octanol–water partition coefficient (Wildman–Crippen LogP) is 5.27. The zero-order valence-corrected chi connectivity index (χ0v) is 17.7. The van der Waals surface area contributed by atoms with Crippen LogP contribution in [0.3, 0.4) is 0 Å². The lowest BCUT2D eigenvalue weighted by Gasteiger charge is -2.36. The summed E-state index contributed by atoms with van der Waals surface area (Å²) in [6.45, 7) is 4.16. The summed E-state index contributed by atoms with van der Waals surface area (Å²) < 4.78 is 1.16. The van der Waals surface area contributed by atoms with E-state index in [1.165, 1.54) is 17.7 Å². The van der Waals surface area contributed by atoms with Gasteiger partial charge in [0.15, 0.2) is 0 Å². The lowest BCUT2D eigenvalue weighted by molar-refractivity contribution is 0.120. The van der Waals surface area contributed by atoms with Gasteiger partial charge in [0.1, 0.15) is 4.34 Å². The maximum absolute atomic E-state index is 6.31. The highest BCUT2D eigenvalue weighted by Crippen LogP contribution is 2.26. The fourth-order valence-electron chi connectivity index (χ4n) is 3.24. The molecule has 25 heavy (non-hydrogen) atoms. The largest absolute Gasteiger partial charge is 0.299 e. The Balaban J connectivity index is 1.49. The first-order chi connectivity index (χ1) is 12.0. The molecular weight excluding hydrogens is 393 g/mol. The van der Waals surface area contributed by atoms with Crippen LogP contribution in [0.1, 0.15) is 23.3 Å². The van der Waals surface area contributed by atoms with Crippen LogP contribution in [0.2, 0.25) is 10.0 Å². The van der Waals surface area contributed by atoms with E-state index in [2.05, 4.69) is 28.1 Å². The monoisotopic (exact) mass is 415 g/mol. The van der Waals surface area contributed by atoms with Gasteiger partial charge in [-0.1, -0.05) is 41.0 Å². The molecule has 0 atom stereocenters. The van der Waals surface area contributed by atoms with Crippen molar-refractivity contribution < 1.29 is 0 Å². The van der Waals surface area contributed by atoms with E-state index >= 15 is 0 Å². The van der Waals surface area contributed by atoms with Crippen molar-refractivity contribution in [2.75, 3.05) is 26.4 Å². The Kier molecular flexibility index (Phi) is 7.06. The van der Waals surface area contributed by atoms with E-state index in [0.29, 0.717) is 11.1 Å². The molecule has 2 aromatic rings. The van der Waals surface area contributed by atoms with E-state index in [0.717, 1.165) is 41.1 Å². The first-order valence-corrected chi connectivity index (χ1v) is 11.2. The summed E-state index contributed by atoms with van der Waals surface area (Å²) in [4.78, 5) is 10.8. The second-order valence-electron chi connectivity index (χ2n) is 6.45. The van der Waals surface area contributed by atoms with Crippen LogP contribution >= 0.6 is 46.3 Å². The lowest BCUT2D eigenvalue weighted by atomic mass is 10.0. The second-order valence-corrected chi connectivity index (χ2v) is 9.47.